The highest BCUT2D eigenvalue weighted by atomic mass is 16.5. The molecule has 0 aliphatic heterocycles. The maximum atomic E-state index is 12.4. The normalized spacial score (nSPS) is 12.9. The summed E-state index contributed by atoms with van der Waals surface area (Å²) in [4.78, 5) is 14.3. The highest BCUT2D eigenvalue weighted by molar-refractivity contribution is 5.97. The third-order valence-corrected chi connectivity index (χ3v) is 3.26. The molecule has 0 spiro atoms. The summed E-state index contributed by atoms with van der Waals surface area (Å²) in [6, 6.07) is 7.52. The molecule has 1 aromatic carbocycles. The zero-order valence-electron chi connectivity index (χ0n) is 11.2. The first kappa shape index (κ1) is 12.6. The van der Waals surface area contributed by atoms with Gasteiger partial charge in [0.1, 0.15) is 5.75 Å². The number of methoxy groups -OCH3 is 1. The fourth-order valence-electron chi connectivity index (χ4n) is 1.93. The molecule has 4 nitrogen and oxygen atoms in total. The van der Waals surface area contributed by atoms with Crippen molar-refractivity contribution in [3.05, 3.63) is 30.5 Å². The Morgan fingerprint density at radius 3 is 2.67 bits per heavy atom. The first-order valence-corrected chi connectivity index (χ1v) is 5.91. The van der Waals surface area contributed by atoms with E-state index in [4.69, 9.17) is 4.74 Å². The van der Waals surface area contributed by atoms with Gasteiger partial charge in [0, 0.05) is 11.6 Å². The van der Waals surface area contributed by atoms with Crippen molar-refractivity contribution in [2.24, 2.45) is 0 Å². The molecule has 18 heavy (non-hydrogen) atoms. The minimum atomic E-state index is -0.175. The Kier molecular flexibility index (Phi) is 3.39. The van der Waals surface area contributed by atoms with Crippen molar-refractivity contribution in [2.45, 2.75) is 13.0 Å². The second-order valence-electron chi connectivity index (χ2n) is 4.56. The molecule has 0 aliphatic carbocycles. The number of fused-ring (bicyclic) bond motifs is 1. The Morgan fingerprint density at radius 2 is 2.06 bits per heavy atom. The fourth-order valence-corrected chi connectivity index (χ4v) is 1.93. The maximum Gasteiger partial charge on any atom is 0.248 e. The van der Waals surface area contributed by atoms with E-state index in [0.29, 0.717) is 0 Å². The molecule has 2 aromatic rings. The summed E-state index contributed by atoms with van der Waals surface area (Å²) in [6.07, 6.45) is 1.80. The molecular formula is C14H18N2O2. The molecule has 0 aliphatic rings. The van der Waals surface area contributed by atoms with Crippen LogP contribution in [-0.2, 0) is 0 Å². The number of ether oxygens (including phenoxy) is 1. The van der Waals surface area contributed by atoms with Crippen LogP contribution < -0.4 is 4.74 Å². The summed E-state index contributed by atoms with van der Waals surface area (Å²) in [5.74, 6) is 0.760. The van der Waals surface area contributed by atoms with Crippen molar-refractivity contribution >= 4 is 16.8 Å². The fraction of sp³-hybridized carbons (Fsp3) is 0.357. The molecule has 0 saturated carbocycles. The number of hydrogen-bond donors (Lipinski definition) is 0. The summed E-state index contributed by atoms with van der Waals surface area (Å²) < 4.78 is 7.00. The molecule has 96 valence electrons. The first-order chi connectivity index (χ1) is 8.56. The molecule has 0 saturated heterocycles. The van der Waals surface area contributed by atoms with E-state index in [-0.39, 0.29) is 11.9 Å². The monoisotopic (exact) mass is 246 g/mol. The third-order valence-electron chi connectivity index (χ3n) is 3.26. The van der Waals surface area contributed by atoms with Crippen LogP contribution in [0.25, 0.3) is 10.9 Å². The van der Waals surface area contributed by atoms with Crippen LogP contribution in [0.15, 0.2) is 30.5 Å². The molecule has 1 unspecified atom stereocenters. The number of aromatic nitrogens is 1. The van der Waals surface area contributed by atoms with Crippen LogP contribution >= 0.6 is 0 Å². The molecule has 1 aromatic heterocycles. The van der Waals surface area contributed by atoms with Crippen molar-refractivity contribution in [3.8, 4) is 5.75 Å². The molecular weight excluding hydrogens is 228 g/mol. The Hall–Kier alpha value is -1.81. The van der Waals surface area contributed by atoms with Gasteiger partial charge in [0.05, 0.1) is 18.7 Å². The molecule has 2 rings (SSSR count). The van der Waals surface area contributed by atoms with Crippen molar-refractivity contribution in [2.75, 3.05) is 21.2 Å². The Bertz CT molecular complexity index is 572. The summed E-state index contributed by atoms with van der Waals surface area (Å²) in [7, 11) is 5.41. The summed E-state index contributed by atoms with van der Waals surface area (Å²) in [6.45, 7) is 1.89. The Morgan fingerprint density at radius 1 is 1.33 bits per heavy atom. The van der Waals surface area contributed by atoms with Crippen LogP contribution in [0.4, 0.5) is 0 Å². The number of likely N-dealkylation sites (N-methyl/N-ethyl adjacent to an activating group) is 1. The van der Waals surface area contributed by atoms with Crippen LogP contribution in [0.1, 0.15) is 11.7 Å². The molecule has 0 radical (unpaired) electrons. The van der Waals surface area contributed by atoms with E-state index in [1.54, 1.807) is 17.9 Å². The zero-order valence-corrected chi connectivity index (χ0v) is 11.2. The predicted octanol–water partition coefficient (Wildman–Crippen LogP) is 2.24. The Labute approximate surface area is 107 Å². The quantitative estimate of drug-likeness (QED) is 0.833. The Balaban J connectivity index is 2.55. The van der Waals surface area contributed by atoms with Gasteiger partial charge in [-0.15, -0.1) is 0 Å². The maximum absolute atomic E-state index is 12.4. The van der Waals surface area contributed by atoms with Gasteiger partial charge in [0.25, 0.3) is 0 Å². The van der Waals surface area contributed by atoms with E-state index in [0.717, 1.165) is 16.7 Å². The van der Waals surface area contributed by atoms with E-state index in [9.17, 15) is 4.79 Å². The van der Waals surface area contributed by atoms with Crippen LogP contribution in [0, 0.1) is 0 Å². The summed E-state index contributed by atoms with van der Waals surface area (Å²) in [5.41, 5.74) is 0.832. The number of nitrogens with zero attached hydrogens (tertiary/aromatic N) is 2. The topological polar surface area (TPSA) is 34.5 Å². The number of rotatable bonds is 3. The number of carbonyl (C=O) groups excluding carboxylic acids is 1. The van der Waals surface area contributed by atoms with Gasteiger partial charge in [-0.25, -0.2) is 0 Å². The number of hydrogen-bond acceptors (Lipinski definition) is 3. The number of benzene rings is 1. The second-order valence-corrected chi connectivity index (χ2v) is 4.56. The average Bonchev–Trinajstić information content (AvgIpc) is 2.80. The summed E-state index contributed by atoms with van der Waals surface area (Å²) >= 11 is 0. The molecule has 1 atom stereocenters. The molecule has 4 heteroatoms. The highest BCUT2D eigenvalue weighted by Crippen LogP contribution is 2.26. The van der Waals surface area contributed by atoms with Crippen LogP contribution in [0.3, 0.4) is 0 Å². The summed E-state index contributed by atoms with van der Waals surface area (Å²) in [5, 5.41) is 1.01. The SMILES string of the molecule is COc1cccc2ccn(C(=O)C(C)N(C)C)c12. The molecule has 0 N–H and O–H groups in total. The molecule has 1 heterocycles. The predicted molar refractivity (Wildman–Crippen MR) is 72.3 cm³/mol. The van der Waals surface area contributed by atoms with Crippen LogP contribution in [0.2, 0.25) is 0 Å². The second kappa shape index (κ2) is 4.82. The highest BCUT2D eigenvalue weighted by Gasteiger charge is 2.19. The van der Waals surface area contributed by atoms with E-state index in [1.165, 1.54) is 0 Å². The van der Waals surface area contributed by atoms with Crippen LogP contribution in [-0.4, -0.2) is 42.6 Å². The lowest BCUT2D eigenvalue weighted by Gasteiger charge is -2.19. The van der Waals surface area contributed by atoms with E-state index >= 15 is 0 Å². The molecule has 0 bridgehead atoms. The lowest BCUT2D eigenvalue weighted by atomic mass is 10.2. The largest absolute Gasteiger partial charge is 0.495 e. The van der Waals surface area contributed by atoms with Gasteiger partial charge >= 0.3 is 0 Å². The molecule has 0 fully saturated rings. The van der Waals surface area contributed by atoms with E-state index < -0.39 is 0 Å². The van der Waals surface area contributed by atoms with Gasteiger partial charge in [-0.2, -0.15) is 0 Å². The lowest BCUT2D eigenvalue weighted by Crippen LogP contribution is -2.36. The number of para-hydroxylation sites is 1. The van der Waals surface area contributed by atoms with Crippen LogP contribution in [0.5, 0.6) is 5.75 Å². The van der Waals surface area contributed by atoms with Gasteiger partial charge in [-0.3, -0.25) is 14.3 Å². The van der Waals surface area contributed by atoms with Crippen molar-refractivity contribution in [1.82, 2.24) is 9.47 Å². The number of carbonyl (C=O) groups is 1. The third kappa shape index (κ3) is 1.99. The first-order valence-electron chi connectivity index (χ1n) is 5.91. The van der Waals surface area contributed by atoms with Crippen molar-refractivity contribution in [1.29, 1.82) is 0 Å². The van der Waals surface area contributed by atoms with E-state index in [2.05, 4.69) is 0 Å². The van der Waals surface area contributed by atoms with Gasteiger partial charge < -0.3 is 4.74 Å². The minimum absolute atomic E-state index is 0.0412. The van der Waals surface area contributed by atoms with Crippen molar-refractivity contribution < 1.29 is 9.53 Å². The molecule has 0 amide bonds. The standard InChI is InChI=1S/C14H18N2O2/c1-10(15(2)3)14(17)16-9-8-11-6-5-7-12(18-4)13(11)16/h5-10H,1-4H3. The average molecular weight is 246 g/mol. The minimum Gasteiger partial charge on any atom is -0.495 e. The van der Waals surface area contributed by atoms with Gasteiger partial charge in [0.15, 0.2) is 0 Å². The van der Waals surface area contributed by atoms with Crippen molar-refractivity contribution in [3.63, 3.8) is 0 Å². The smallest absolute Gasteiger partial charge is 0.248 e. The van der Waals surface area contributed by atoms with Gasteiger partial charge in [0.2, 0.25) is 5.91 Å². The van der Waals surface area contributed by atoms with Gasteiger partial charge in [-0.05, 0) is 33.2 Å². The zero-order chi connectivity index (χ0) is 13.3. The van der Waals surface area contributed by atoms with Gasteiger partial charge in [-0.1, -0.05) is 12.1 Å². The lowest BCUT2D eigenvalue weighted by molar-refractivity contribution is 0.0809. The van der Waals surface area contributed by atoms with E-state index in [1.807, 2.05) is 50.2 Å².